The summed E-state index contributed by atoms with van der Waals surface area (Å²) in [6.45, 7) is 7.37. The summed E-state index contributed by atoms with van der Waals surface area (Å²) in [6.07, 6.45) is 9.02. The number of ether oxygens (including phenoxy) is 4. The van der Waals surface area contributed by atoms with Gasteiger partial charge in [-0.25, -0.2) is 9.59 Å². The number of benzene rings is 3. The number of allylic oxidation sites excluding steroid dienone is 1. The molecule has 0 atom stereocenters. The molecule has 1 fully saturated rings. The maximum atomic E-state index is 12.7. The fourth-order valence-corrected chi connectivity index (χ4v) is 4.68. The van der Waals surface area contributed by atoms with E-state index in [9.17, 15) is 19.2 Å². The number of hydrogen-bond donors (Lipinski definition) is 0. The summed E-state index contributed by atoms with van der Waals surface area (Å²) >= 11 is 0. The van der Waals surface area contributed by atoms with Crippen LogP contribution in [0, 0.1) is 0 Å². The van der Waals surface area contributed by atoms with Crippen LogP contribution in [-0.4, -0.2) is 43.0 Å². The molecule has 0 saturated heterocycles. The molecule has 4 rings (SSSR count). The Morgan fingerprint density at radius 3 is 2.04 bits per heavy atom. The van der Waals surface area contributed by atoms with E-state index in [2.05, 4.69) is 13.2 Å². The van der Waals surface area contributed by atoms with Gasteiger partial charge in [0.15, 0.2) is 5.78 Å². The Kier molecular flexibility index (Phi) is 12.0. The molecule has 0 N–H and O–H groups in total. The fourth-order valence-electron chi connectivity index (χ4n) is 4.68. The van der Waals surface area contributed by atoms with E-state index in [1.165, 1.54) is 6.08 Å². The average molecular weight is 609 g/mol. The summed E-state index contributed by atoms with van der Waals surface area (Å²) in [5, 5.41) is 0. The van der Waals surface area contributed by atoms with E-state index in [0.717, 1.165) is 54.9 Å². The zero-order valence-corrected chi connectivity index (χ0v) is 25.1. The first-order chi connectivity index (χ1) is 21.8. The van der Waals surface area contributed by atoms with E-state index in [-0.39, 0.29) is 37.1 Å². The van der Waals surface area contributed by atoms with Gasteiger partial charge in [0, 0.05) is 17.2 Å². The monoisotopic (exact) mass is 608 g/mol. The van der Waals surface area contributed by atoms with Crippen molar-refractivity contribution in [1.29, 1.82) is 0 Å². The van der Waals surface area contributed by atoms with Gasteiger partial charge in [-0.05, 0) is 72.7 Å². The molecular formula is C37H36O8. The van der Waals surface area contributed by atoms with Crippen molar-refractivity contribution in [2.24, 2.45) is 0 Å². The molecule has 0 radical (unpaired) electrons. The predicted octanol–water partition coefficient (Wildman–Crippen LogP) is 7.09. The third-order valence-electron chi connectivity index (χ3n) is 7.13. The Morgan fingerprint density at radius 1 is 0.778 bits per heavy atom. The second kappa shape index (κ2) is 16.6. The Balaban J connectivity index is 1.23. The van der Waals surface area contributed by atoms with Crippen LogP contribution in [0.2, 0.25) is 0 Å². The zero-order valence-electron chi connectivity index (χ0n) is 25.1. The van der Waals surface area contributed by atoms with Crippen LogP contribution in [0.3, 0.4) is 0 Å². The summed E-state index contributed by atoms with van der Waals surface area (Å²) in [4.78, 5) is 48.4. The SMILES string of the molecule is C=CC(=O)OCCOc1ccc(/C=C/C(=O)c2ccc(-c3ccc(OC(=O)C(=C)CC(=O)OC4CCCCC4)cc3)cc2)cc1. The largest absolute Gasteiger partial charge is 0.490 e. The standard InChI is InChI=1S/C37H36O8/c1-3-35(39)43-24-23-42-31-18-9-27(10-19-31)11-22-34(38)30-14-12-28(13-15-30)29-16-20-33(21-17-29)45-37(41)26(2)25-36(40)44-32-7-5-4-6-8-32/h3,9-22,32H,1-2,4-8,23-25H2/b22-11+. The van der Waals surface area contributed by atoms with Crippen molar-refractivity contribution in [1.82, 2.24) is 0 Å². The first-order valence-electron chi connectivity index (χ1n) is 14.8. The van der Waals surface area contributed by atoms with E-state index in [0.29, 0.717) is 17.1 Å². The maximum absolute atomic E-state index is 12.7. The Hall–Kier alpha value is -5.24. The van der Waals surface area contributed by atoms with Crippen LogP contribution in [-0.2, 0) is 23.9 Å². The number of ketones is 1. The second-order valence-corrected chi connectivity index (χ2v) is 10.5. The van der Waals surface area contributed by atoms with Crippen molar-refractivity contribution >= 4 is 29.8 Å². The van der Waals surface area contributed by atoms with E-state index >= 15 is 0 Å². The van der Waals surface area contributed by atoms with Crippen LogP contribution in [0.15, 0.2) is 104 Å². The van der Waals surface area contributed by atoms with Crippen molar-refractivity contribution in [3.8, 4) is 22.6 Å². The zero-order chi connectivity index (χ0) is 32.0. The van der Waals surface area contributed by atoms with Crippen LogP contribution >= 0.6 is 0 Å². The van der Waals surface area contributed by atoms with Crippen LogP contribution < -0.4 is 9.47 Å². The van der Waals surface area contributed by atoms with Crippen LogP contribution in [0.5, 0.6) is 11.5 Å². The molecule has 1 saturated carbocycles. The third-order valence-corrected chi connectivity index (χ3v) is 7.13. The minimum atomic E-state index is -0.674. The molecule has 3 aromatic carbocycles. The highest BCUT2D eigenvalue weighted by molar-refractivity contribution is 6.07. The lowest BCUT2D eigenvalue weighted by atomic mass is 9.98. The summed E-state index contributed by atoms with van der Waals surface area (Å²) in [6, 6.07) is 21.3. The number of rotatable bonds is 14. The lowest BCUT2D eigenvalue weighted by Crippen LogP contribution is -2.22. The van der Waals surface area contributed by atoms with Crippen LogP contribution in [0.25, 0.3) is 17.2 Å². The van der Waals surface area contributed by atoms with Gasteiger partial charge in [-0.15, -0.1) is 0 Å². The van der Waals surface area contributed by atoms with E-state index < -0.39 is 17.9 Å². The molecule has 0 unspecified atom stereocenters. The highest BCUT2D eigenvalue weighted by atomic mass is 16.6. The molecule has 0 spiro atoms. The van der Waals surface area contributed by atoms with Crippen molar-refractivity contribution in [3.05, 3.63) is 115 Å². The van der Waals surface area contributed by atoms with E-state index in [4.69, 9.17) is 18.9 Å². The van der Waals surface area contributed by atoms with Crippen LogP contribution in [0.1, 0.15) is 54.4 Å². The lowest BCUT2D eigenvalue weighted by molar-refractivity contribution is -0.150. The lowest BCUT2D eigenvalue weighted by Gasteiger charge is -2.21. The van der Waals surface area contributed by atoms with Gasteiger partial charge in [0.05, 0.1) is 6.42 Å². The molecule has 45 heavy (non-hydrogen) atoms. The van der Waals surface area contributed by atoms with Crippen molar-refractivity contribution < 1.29 is 38.1 Å². The van der Waals surface area contributed by atoms with Gasteiger partial charge < -0.3 is 18.9 Å². The molecular weight excluding hydrogens is 572 g/mol. The minimum Gasteiger partial charge on any atom is -0.490 e. The highest BCUT2D eigenvalue weighted by Crippen LogP contribution is 2.25. The van der Waals surface area contributed by atoms with Gasteiger partial charge >= 0.3 is 17.9 Å². The quantitative estimate of drug-likeness (QED) is 0.0628. The van der Waals surface area contributed by atoms with Gasteiger partial charge in [-0.3, -0.25) is 9.59 Å². The summed E-state index contributed by atoms with van der Waals surface area (Å²) in [7, 11) is 0. The Morgan fingerprint density at radius 2 is 1.40 bits per heavy atom. The van der Waals surface area contributed by atoms with E-state index in [1.807, 2.05) is 24.3 Å². The smallest absolute Gasteiger partial charge is 0.339 e. The number of carbonyl (C=O) groups is 4. The third kappa shape index (κ3) is 10.5. The summed E-state index contributed by atoms with van der Waals surface area (Å²) in [5.74, 6) is -0.826. The minimum absolute atomic E-state index is 0.0425. The fraction of sp³-hybridized carbons (Fsp3) is 0.243. The average Bonchev–Trinajstić information content (AvgIpc) is 3.06. The highest BCUT2D eigenvalue weighted by Gasteiger charge is 2.20. The van der Waals surface area contributed by atoms with Crippen LogP contribution in [0.4, 0.5) is 0 Å². The van der Waals surface area contributed by atoms with Gasteiger partial charge in [0.2, 0.25) is 0 Å². The Bertz CT molecular complexity index is 1530. The molecule has 0 aromatic heterocycles. The number of carbonyl (C=O) groups excluding carboxylic acids is 4. The predicted molar refractivity (Wildman–Crippen MR) is 171 cm³/mol. The van der Waals surface area contributed by atoms with E-state index in [1.54, 1.807) is 54.6 Å². The summed E-state index contributed by atoms with van der Waals surface area (Å²) < 4.78 is 21.2. The van der Waals surface area contributed by atoms with Gasteiger partial charge in [-0.1, -0.05) is 74.2 Å². The van der Waals surface area contributed by atoms with Gasteiger partial charge in [0.1, 0.15) is 30.8 Å². The molecule has 0 heterocycles. The molecule has 8 heteroatoms. The molecule has 8 nitrogen and oxygen atoms in total. The molecule has 0 aliphatic heterocycles. The van der Waals surface area contributed by atoms with Gasteiger partial charge in [-0.2, -0.15) is 0 Å². The first-order valence-corrected chi connectivity index (χ1v) is 14.8. The molecule has 232 valence electrons. The number of hydrogen-bond acceptors (Lipinski definition) is 8. The molecule has 0 bridgehead atoms. The molecule has 0 amide bonds. The first kappa shape index (κ1) is 32.7. The molecule has 1 aliphatic carbocycles. The topological polar surface area (TPSA) is 105 Å². The second-order valence-electron chi connectivity index (χ2n) is 10.5. The normalized spacial score (nSPS) is 13.1. The van der Waals surface area contributed by atoms with Gasteiger partial charge in [0.25, 0.3) is 0 Å². The molecule has 1 aliphatic rings. The van der Waals surface area contributed by atoms with Crippen molar-refractivity contribution in [2.45, 2.75) is 44.6 Å². The number of esters is 3. The molecule has 3 aromatic rings. The van der Waals surface area contributed by atoms with Crippen molar-refractivity contribution in [2.75, 3.05) is 13.2 Å². The maximum Gasteiger partial charge on any atom is 0.339 e. The summed E-state index contributed by atoms with van der Waals surface area (Å²) in [5.41, 5.74) is 3.17. The Labute approximate surface area is 263 Å². The van der Waals surface area contributed by atoms with Crippen molar-refractivity contribution in [3.63, 3.8) is 0 Å².